The number of carbonyl (C=O) groups excluding carboxylic acids is 1. The smallest absolute Gasteiger partial charge is 0.414 e. The van der Waals surface area contributed by atoms with Crippen LogP contribution in [0.1, 0.15) is 79.5 Å². The van der Waals surface area contributed by atoms with Crippen molar-refractivity contribution in [2.45, 2.75) is 57.3 Å². The van der Waals surface area contributed by atoms with E-state index in [-0.39, 0.29) is 48.4 Å². The highest BCUT2D eigenvalue weighted by Gasteiger charge is 2.40. The quantitative estimate of drug-likeness (QED) is 0.234. The molecular weight excluding hydrogens is 606 g/mol. The number of aliphatic hydroxyl groups excluding tert-OH is 1. The minimum Gasteiger partial charge on any atom is -0.507 e. The van der Waals surface area contributed by atoms with Crippen LogP contribution in [0.5, 0.6) is 11.5 Å². The Kier molecular flexibility index (Phi) is 8.14. The minimum atomic E-state index is -0.536. The normalized spacial score (nSPS) is 21.1. The van der Waals surface area contributed by atoms with Gasteiger partial charge in [-0.2, -0.15) is 0 Å². The van der Waals surface area contributed by atoms with Crippen molar-refractivity contribution < 1.29 is 24.9 Å². The molecule has 3 aromatic carbocycles. The lowest BCUT2D eigenvalue weighted by Gasteiger charge is -2.38. The highest BCUT2D eigenvalue weighted by Crippen LogP contribution is 2.57. The number of amides is 1. The van der Waals surface area contributed by atoms with Gasteiger partial charge in [0.25, 0.3) is 0 Å². The first-order chi connectivity index (χ1) is 20.7. The summed E-state index contributed by atoms with van der Waals surface area (Å²) in [5.41, 5.74) is 8.16. The maximum Gasteiger partial charge on any atom is 0.414 e. The van der Waals surface area contributed by atoms with E-state index in [1.54, 1.807) is 0 Å². The number of halogens is 1. The molecule has 0 fully saturated rings. The molecule has 3 N–H and O–H groups in total. The second kappa shape index (κ2) is 11.9. The molecule has 1 amide bonds. The number of ether oxygens (including phenoxy) is 1. The van der Waals surface area contributed by atoms with E-state index in [1.807, 2.05) is 31.2 Å². The summed E-state index contributed by atoms with van der Waals surface area (Å²) in [6.45, 7) is 8.70. The molecule has 0 saturated heterocycles. The second-order valence-electron chi connectivity index (χ2n) is 12.2. The lowest BCUT2D eigenvalue weighted by atomic mass is 9.72. The second-order valence-corrected chi connectivity index (χ2v) is 13.0. The van der Waals surface area contributed by atoms with Crippen LogP contribution in [0.15, 0.2) is 76.8 Å². The fraction of sp³-hybridized carbons (Fsp3) is 0.361. The van der Waals surface area contributed by atoms with Crippen LogP contribution in [-0.4, -0.2) is 41.2 Å². The molecule has 3 aromatic rings. The lowest BCUT2D eigenvalue weighted by molar-refractivity contribution is 0.149. The maximum absolute atomic E-state index is 13.8. The third-order valence-corrected chi connectivity index (χ3v) is 10.3. The van der Waals surface area contributed by atoms with Crippen LogP contribution in [0, 0.1) is 5.92 Å². The number of allylic oxidation sites excluding steroid dienone is 3. The molecule has 224 valence electrons. The van der Waals surface area contributed by atoms with Gasteiger partial charge in [0.05, 0.1) is 10.2 Å². The number of rotatable bonds is 6. The first-order valence-corrected chi connectivity index (χ1v) is 15.8. The van der Waals surface area contributed by atoms with E-state index >= 15 is 0 Å². The average Bonchev–Trinajstić information content (AvgIpc) is 3.32. The number of hydrogen-bond acceptors (Lipinski definition) is 5. The first kappa shape index (κ1) is 29.5. The predicted octanol–water partition coefficient (Wildman–Crippen LogP) is 8.50. The van der Waals surface area contributed by atoms with Crippen LogP contribution >= 0.6 is 15.9 Å². The van der Waals surface area contributed by atoms with Crippen LogP contribution in [0.3, 0.4) is 0 Å². The fourth-order valence-corrected chi connectivity index (χ4v) is 8.07. The van der Waals surface area contributed by atoms with Crippen molar-refractivity contribution in [3.05, 3.63) is 99.1 Å². The van der Waals surface area contributed by atoms with Gasteiger partial charge in [-0.15, -0.1) is 0 Å². The number of benzene rings is 3. The molecule has 6 nitrogen and oxygen atoms in total. The van der Waals surface area contributed by atoms with E-state index < -0.39 is 6.09 Å². The number of anilines is 1. The van der Waals surface area contributed by atoms with Crippen molar-refractivity contribution in [2.24, 2.45) is 5.92 Å². The first-order valence-electron chi connectivity index (χ1n) is 15.1. The van der Waals surface area contributed by atoms with Crippen molar-refractivity contribution in [1.82, 2.24) is 0 Å². The summed E-state index contributed by atoms with van der Waals surface area (Å²) in [6.07, 6.45) is 4.37. The van der Waals surface area contributed by atoms with Gasteiger partial charge in [0.2, 0.25) is 0 Å². The number of carbonyl (C=O) groups is 1. The fourth-order valence-electron chi connectivity index (χ4n) is 7.43. The number of fused-ring (bicyclic) bond motifs is 4. The molecule has 3 atom stereocenters. The predicted molar refractivity (Wildman–Crippen MR) is 173 cm³/mol. The topological polar surface area (TPSA) is 90.2 Å². The van der Waals surface area contributed by atoms with Crippen molar-refractivity contribution in [2.75, 3.05) is 24.7 Å². The van der Waals surface area contributed by atoms with Gasteiger partial charge in [0.1, 0.15) is 18.1 Å². The number of phenolic OH excluding ortho intramolecular Hbond substituents is 2. The molecule has 0 unspecified atom stereocenters. The third-order valence-electron chi connectivity index (χ3n) is 9.56. The van der Waals surface area contributed by atoms with Gasteiger partial charge in [-0.1, -0.05) is 72.3 Å². The number of nitrogens with zero attached hydrogens (tertiary/aromatic N) is 1. The van der Waals surface area contributed by atoms with E-state index in [1.165, 1.54) is 10.5 Å². The van der Waals surface area contributed by atoms with Gasteiger partial charge in [-0.25, -0.2) is 4.79 Å². The van der Waals surface area contributed by atoms with E-state index in [0.717, 1.165) is 40.7 Å². The summed E-state index contributed by atoms with van der Waals surface area (Å²) in [4.78, 5) is 15.3. The largest absolute Gasteiger partial charge is 0.507 e. The number of hydrogen-bond donors (Lipinski definition) is 3. The summed E-state index contributed by atoms with van der Waals surface area (Å²) >= 11 is 3.62. The monoisotopic (exact) mass is 643 g/mol. The van der Waals surface area contributed by atoms with Crippen molar-refractivity contribution in [3.8, 4) is 22.6 Å². The van der Waals surface area contributed by atoms with Crippen molar-refractivity contribution >= 4 is 27.7 Å². The molecule has 0 radical (unpaired) electrons. The van der Waals surface area contributed by atoms with E-state index in [0.29, 0.717) is 40.7 Å². The Morgan fingerprint density at radius 2 is 1.67 bits per heavy atom. The third kappa shape index (κ3) is 5.06. The number of aromatic hydroxyl groups is 2. The highest BCUT2D eigenvalue weighted by atomic mass is 79.9. The molecule has 1 heterocycles. The van der Waals surface area contributed by atoms with Gasteiger partial charge in [0.15, 0.2) is 0 Å². The molecule has 1 aliphatic heterocycles. The Morgan fingerprint density at radius 3 is 2.30 bits per heavy atom. The van der Waals surface area contributed by atoms with Crippen LogP contribution in [-0.2, 0) is 4.74 Å². The molecule has 2 aliphatic carbocycles. The zero-order valence-electron chi connectivity index (χ0n) is 24.6. The van der Waals surface area contributed by atoms with Crippen LogP contribution in [0.25, 0.3) is 11.1 Å². The van der Waals surface area contributed by atoms with Crippen LogP contribution < -0.4 is 4.90 Å². The summed E-state index contributed by atoms with van der Waals surface area (Å²) in [6, 6.07) is 16.4. The van der Waals surface area contributed by atoms with Gasteiger partial charge in [-0.3, -0.25) is 4.90 Å². The van der Waals surface area contributed by atoms with Gasteiger partial charge >= 0.3 is 6.09 Å². The zero-order chi connectivity index (χ0) is 30.4. The van der Waals surface area contributed by atoms with E-state index in [4.69, 9.17) is 4.74 Å². The van der Waals surface area contributed by atoms with Gasteiger partial charge < -0.3 is 20.1 Å². The molecule has 3 aliphatic rings. The number of phenols is 2. The lowest BCUT2D eigenvalue weighted by Crippen LogP contribution is -2.38. The van der Waals surface area contributed by atoms with Crippen molar-refractivity contribution in [1.29, 1.82) is 0 Å². The minimum absolute atomic E-state index is 0.0208. The average molecular weight is 645 g/mol. The molecule has 0 saturated carbocycles. The molecule has 0 bridgehead atoms. The Hall–Kier alpha value is -3.55. The molecule has 6 rings (SSSR count). The van der Waals surface area contributed by atoms with Crippen LogP contribution in [0.4, 0.5) is 10.5 Å². The Balaban J connectivity index is 1.37. The van der Waals surface area contributed by atoms with Crippen LogP contribution in [0.2, 0.25) is 0 Å². The molecular formula is C36H38BrNO5. The van der Waals surface area contributed by atoms with Crippen molar-refractivity contribution in [3.63, 3.8) is 0 Å². The van der Waals surface area contributed by atoms with Gasteiger partial charge in [-0.05, 0) is 89.6 Å². The SMILES string of the molecule is C=C(C)[C@@H]1CCC(C)=C[C@H]1c1c(O)c(Br)c2c(c1O)[C@H](CCO)CCN2C(=O)OCC1c2ccccc2-c2ccccc21. The summed E-state index contributed by atoms with van der Waals surface area (Å²) in [5, 5.41) is 33.4. The molecule has 43 heavy (non-hydrogen) atoms. The molecule has 0 spiro atoms. The summed E-state index contributed by atoms with van der Waals surface area (Å²) < 4.78 is 6.36. The standard InChI is InChI=1S/C36H38BrNO5/c1-20(2)23-13-12-21(3)18-28(23)31-34(40)30-22(15-17-39)14-16-38(33(30)32(37)35(31)41)36(42)43-19-29-26-10-6-4-8-24(26)25-9-5-7-11-27(25)29/h4-11,18,22-23,28-29,39-41H,1,12-17,19H2,2-3H3/t22-,23-,28+/m0/s1. The molecule has 0 aromatic heterocycles. The number of aliphatic hydroxyl groups is 1. The highest BCUT2D eigenvalue weighted by molar-refractivity contribution is 9.10. The van der Waals surface area contributed by atoms with E-state index in [9.17, 15) is 20.1 Å². The summed E-state index contributed by atoms with van der Waals surface area (Å²) in [5.74, 6) is -0.580. The Morgan fingerprint density at radius 1 is 1.02 bits per heavy atom. The Bertz CT molecular complexity index is 1580. The Labute approximate surface area is 261 Å². The van der Waals surface area contributed by atoms with Gasteiger partial charge in [0, 0.05) is 36.1 Å². The molecule has 7 heteroatoms. The van der Waals surface area contributed by atoms with E-state index in [2.05, 4.69) is 59.8 Å². The zero-order valence-corrected chi connectivity index (χ0v) is 26.2. The summed E-state index contributed by atoms with van der Waals surface area (Å²) in [7, 11) is 0. The maximum atomic E-state index is 13.8.